The number of nitrogens with zero attached hydrogens (tertiary/aromatic N) is 2. The van der Waals surface area contributed by atoms with Crippen LogP contribution >= 0.6 is 0 Å². The molecule has 1 aliphatic heterocycles. The molecular formula is C14H18N2O5. The molecule has 1 saturated heterocycles. The Morgan fingerprint density at radius 1 is 1.38 bits per heavy atom. The Morgan fingerprint density at radius 3 is 2.52 bits per heavy atom. The van der Waals surface area contributed by atoms with Gasteiger partial charge >= 0.3 is 5.97 Å². The van der Waals surface area contributed by atoms with Crippen molar-refractivity contribution in [3.8, 4) is 0 Å². The lowest BCUT2D eigenvalue weighted by Gasteiger charge is -2.37. The van der Waals surface area contributed by atoms with Crippen LogP contribution in [0.3, 0.4) is 0 Å². The van der Waals surface area contributed by atoms with Gasteiger partial charge in [0.05, 0.1) is 35.5 Å². The number of non-ortho nitro benzene ring substituents is 1. The van der Waals surface area contributed by atoms with Crippen LogP contribution in [0.15, 0.2) is 18.2 Å². The Kier molecular flexibility index (Phi) is 4.42. The Morgan fingerprint density at radius 2 is 2.00 bits per heavy atom. The van der Waals surface area contributed by atoms with E-state index in [-0.39, 0.29) is 23.5 Å². The summed E-state index contributed by atoms with van der Waals surface area (Å²) < 4.78 is 10.4. The summed E-state index contributed by atoms with van der Waals surface area (Å²) in [7, 11) is 1.26. The SMILES string of the molecule is COC(=O)c1cc([N+](=O)[O-])ccc1N1C[C@@H](C)O[C@H](C)C1. The summed E-state index contributed by atoms with van der Waals surface area (Å²) in [5, 5.41) is 10.9. The number of hydrogen-bond acceptors (Lipinski definition) is 6. The third-order valence-corrected chi connectivity index (χ3v) is 3.36. The molecule has 1 heterocycles. The molecule has 0 spiro atoms. The number of morpholine rings is 1. The number of carbonyl (C=O) groups is 1. The monoisotopic (exact) mass is 294 g/mol. The number of carbonyl (C=O) groups excluding carboxylic acids is 1. The smallest absolute Gasteiger partial charge is 0.340 e. The molecule has 0 radical (unpaired) electrons. The van der Waals surface area contributed by atoms with Crippen molar-refractivity contribution in [2.24, 2.45) is 0 Å². The first kappa shape index (κ1) is 15.2. The molecule has 1 aromatic rings. The molecule has 0 saturated carbocycles. The highest BCUT2D eigenvalue weighted by atomic mass is 16.6. The third-order valence-electron chi connectivity index (χ3n) is 3.36. The van der Waals surface area contributed by atoms with E-state index in [9.17, 15) is 14.9 Å². The first-order valence-corrected chi connectivity index (χ1v) is 6.69. The highest BCUT2D eigenvalue weighted by Crippen LogP contribution is 2.28. The molecular weight excluding hydrogens is 276 g/mol. The number of methoxy groups -OCH3 is 1. The molecule has 0 bridgehead atoms. The summed E-state index contributed by atoms with van der Waals surface area (Å²) in [5.41, 5.74) is 0.705. The van der Waals surface area contributed by atoms with Crippen molar-refractivity contribution in [3.05, 3.63) is 33.9 Å². The zero-order chi connectivity index (χ0) is 15.6. The molecule has 21 heavy (non-hydrogen) atoms. The second kappa shape index (κ2) is 6.09. The minimum atomic E-state index is -0.583. The summed E-state index contributed by atoms with van der Waals surface area (Å²) in [6.07, 6.45) is 0.0453. The van der Waals surface area contributed by atoms with Crippen LogP contribution in [0.1, 0.15) is 24.2 Å². The van der Waals surface area contributed by atoms with Crippen LogP contribution in [0, 0.1) is 10.1 Å². The predicted molar refractivity (Wildman–Crippen MR) is 76.7 cm³/mol. The van der Waals surface area contributed by atoms with Crippen molar-refractivity contribution < 1.29 is 19.2 Å². The van der Waals surface area contributed by atoms with Gasteiger partial charge in [-0.1, -0.05) is 0 Å². The lowest BCUT2D eigenvalue weighted by molar-refractivity contribution is -0.384. The van der Waals surface area contributed by atoms with E-state index in [0.717, 1.165) is 0 Å². The van der Waals surface area contributed by atoms with Crippen molar-refractivity contribution in [1.29, 1.82) is 0 Å². The minimum Gasteiger partial charge on any atom is -0.465 e. The zero-order valence-electron chi connectivity index (χ0n) is 12.2. The number of hydrogen-bond donors (Lipinski definition) is 0. The number of nitro groups is 1. The number of rotatable bonds is 3. The molecule has 0 unspecified atom stereocenters. The summed E-state index contributed by atoms with van der Waals surface area (Å²) in [4.78, 5) is 24.3. The van der Waals surface area contributed by atoms with Gasteiger partial charge in [-0.15, -0.1) is 0 Å². The van der Waals surface area contributed by atoms with E-state index >= 15 is 0 Å². The van der Waals surface area contributed by atoms with E-state index in [4.69, 9.17) is 9.47 Å². The van der Waals surface area contributed by atoms with Gasteiger partial charge in [-0.25, -0.2) is 4.79 Å². The maximum atomic E-state index is 11.9. The van der Waals surface area contributed by atoms with E-state index in [1.165, 1.54) is 19.2 Å². The third kappa shape index (κ3) is 3.30. The van der Waals surface area contributed by atoms with Gasteiger partial charge in [0.1, 0.15) is 0 Å². The average Bonchev–Trinajstić information content (AvgIpc) is 2.44. The van der Waals surface area contributed by atoms with E-state index in [1.807, 2.05) is 18.7 Å². The van der Waals surface area contributed by atoms with Crippen molar-refractivity contribution in [1.82, 2.24) is 0 Å². The molecule has 2 atom stereocenters. The molecule has 2 rings (SSSR count). The van der Waals surface area contributed by atoms with Gasteiger partial charge in [-0.2, -0.15) is 0 Å². The van der Waals surface area contributed by atoms with Crippen LogP contribution in [0.5, 0.6) is 0 Å². The lowest BCUT2D eigenvalue weighted by atomic mass is 10.1. The molecule has 0 aromatic heterocycles. The molecule has 1 aliphatic rings. The van der Waals surface area contributed by atoms with Gasteiger partial charge in [0.2, 0.25) is 0 Å². The maximum Gasteiger partial charge on any atom is 0.340 e. The van der Waals surface area contributed by atoms with Crippen LogP contribution in [0.25, 0.3) is 0 Å². The molecule has 0 aliphatic carbocycles. The minimum absolute atomic E-state index is 0.0226. The van der Waals surface area contributed by atoms with Crippen molar-refractivity contribution in [2.45, 2.75) is 26.1 Å². The highest BCUT2D eigenvalue weighted by molar-refractivity contribution is 5.96. The van der Waals surface area contributed by atoms with Crippen LogP contribution in [-0.4, -0.2) is 43.3 Å². The summed E-state index contributed by atoms with van der Waals surface area (Å²) in [5.74, 6) is -0.583. The number of anilines is 1. The van der Waals surface area contributed by atoms with Gasteiger partial charge in [0.15, 0.2) is 0 Å². The summed E-state index contributed by atoms with van der Waals surface area (Å²) in [6, 6.07) is 4.24. The molecule has 7 heteroatoms. The Hall–Kier alpha value is -2.15. The first-order chi connectivity index (χ1) is 9.92. The molecule has 0 N–H and O–H groups in total. The lowest BCUT2D eigenvalue weighted by Crippen LogP contribution is -2.46. The maximum absolute atomic E-state index is 11.9. The quantitative estimate of drug-likeness (QED) is 0.482. The summed E-state index contributed by atoms with van der Waals surface area (Å²) in [6.45, 7) is 5.13. The van der Waals surface area contributed by atoms with E-state index in [0.29, 0.717) is 18.8 Å². The second-order valence-electron chi connectivity index (χ2n) is 5.11. The van der Waals surface area contributed by atoms with E-state index < -0.39 is 10.9 Å². The Balaban J connectivity index is 2.42. The largest absolute Gasteiger partial charge is 0.465 e. The van der Waals surface area contributed by atoms with Crippen molar-refractivity contribution in [3.63, 3.8) is 0 Å². The predicted octanol–water partition coefficient (Wildman–Crippen LogP) is 2.00. The van der Waals surface area contributed by atoms with Crippen LogP contribution in [-0.2, 0) is 9.47 Å². The molecule has 114 valence electrons. The fourth-order valence-corrected chi connectivity index (χ4v) is 2.56. The van der Waals surface area contributed by atoms with Crippen molar-refractivity contribution in [2.75, 3.05) is 25.1 Å². The van der Waals surface area contributed by atoms with Crippen molar-refractivity contribution >= 4 is 17.3 Å². The zero-order valence-corrected chi connectivity index (χ0v) is 12.2. The highest BCUT2D eigenvalue weighted by Gasteiger charge is 2.27. The van der Waals surface area contributed by atoms with Gasteiger partial charge in [0, 0.05) is 25.2 Å². The van der Waals surface area contributed by atoms with E-state index in [2.05, 4.69) is 0 Å². The topological polar surface area (TPSA) is 81.9 Å². The Bertz CT molecular complexity index is 550. The van der Waals surface area contributed by atoms with Gasteiger partial charge in [0.25, 0.3) is 5.69 Å². The number of ether oxygens (including phenoxy) is 2. The molecule has 1 aromatic carbocycles. The van der Waals surface area contributed by atoms with Crippen LogP contribution < -0.4 is 4.90 Å². The average molecular weight is 294 g/mol. The first-order valence-electron chi connectivity index (χ1n) is 6.69. The fourth-order valence-electron chi connectivity index (χ4n) is 2.56. The van der Waals surface area contributed by atoms with Gasteiger partial charge < -0.3 is 14.4 Å². The number of nitro benzene ring substituents is 1. The van der Waals surface area contributed by atoms with Crippen LogP contribution in [0.4, 0.5) is 11.4 Å². The second-order valence-corrected chi connectivity index (χ2v) is 5.11. The molecule has 0 amide bonds. The van der Waals surface area contributed by atoms with E-state index in [1.54, 1.807) is 6.07 Å². The molecule has 1 fully saturated rings. The fraction of sp³-hybridized carbons (Fsp3) is 0.500. The van der Waals surface area contributed by atoms with Gasteiger partial charge in [-0.05, 0) is 19.9 Å². The normalized spacial score (nSPS) is 22.0. The number of benzene rings is 1. The standard InChI is InChI=1S/C14H18N2O5/c1-9-7-15(8-10(2)21-9)13-5-4-11(16(18)19)6-12(13)14(17)20-3/h4-6,9-10H,7-8H2,1-3H3/t9-,10-/m1/s1. The van der Waals surface area contributed by atoms with Gasteiger partial charge in [-0.3, -0.25) is 10.1 Å². The van der Waals surface area contributed by atoms with Crippen LogP contribution in [0.2, 0.25) is 0 Å². The molecule has 7 nitrogen and oxygen atoms in total. The summed E-state index contributed by atoms with van der Waals surface area (Å²) >= 11 is 0. The number of esters is 1. The Labute approximate surface area is 122 Å².